The van der Waals surface area contributed by atoms with Gasteiger partial charge in [0.25, 0.3) is 0 Å². The SMILES string of the molecule is O=C(O)c1nnc2ccc(-c3ccc(OC(F)(F)F)cc3)cn12. The second-order valence-electron chi connectivity index (χ2n) is 4.55. The molecule has 0 unspecified atom stereocenters. The van der Waals surface area contributed by atoms with Crippen molar-refractivity contribution >= 4 is 11.6 Å². The van der Waals surface area contributed by atoms with Crippen LogP contribution in [0.5, 0.6) is 5.75 Å². The predicted molar refractivity (Wildman–Crippen MR) is 72.1 cm³/mol. The molecule has 1 aromatic carbocycles. The fraction of sp³-hybridized carbons (Fsp3) is 0.0714. The van der Waals surface area contributed by atoms with Crippen LogP contribution in [0.3, 0.4) is 0 Å². The molecule has 2 aromatic heterocycles. The summed E-state index contributed by atoms with van der Waals surface area (Å²) in [7, 11) is 0. The average molecular weight is 323 g/mol. The van der Waals surface area contributed by atoms with E-state index < -0.39 is 12.3 Å². The molecule has 0 spiro atoms. The molecule has 0 aliphatic heterocycles. The number of pyridine rings is 1. The Labute approximate surface area is 126 Å². The van der Waals surface area contributed by atoms with E-state index in [2.05, 4.69) is 14.9 Å². The van der Waals surface area contributed by atoms with Crippen molar-refractivity contribution in [1.82, 2.24) is 14.6 Å². The summed E-state index contributed by atoms with van der Waals surface area (Å²) in [5.41, 5.74) is 1.54. The Kier molecular flexibility index (Phi) is 3.40. The third kappa shape index (κ3) is 3.07. The fourth-order valence-corrected chi connectivity index (χ4v) is 2.06. The number of benzene rings is 1. The molecule has 0 aliphatic carbocycles. The number of ether oxygens (including phenoxy) is 1. The lowest BCUT2D eigenvalue weighted by Crippen LogP contribution is -2.16. The number of rotatable bonds is 3. The molecule has 0 amide bonds. The first-order valence-electron chi connectivity index (χ1n) is 6.28. The molecule has 0 fully saturated rings. The van der Waals surface area contributed by atoms with Crippen molar-refractivity contribution in [3.8, 4) is 16.9 Å². The summed E-state index contributed by atoms with van der Waals surface area (Å²) in [5.74, 6) is -1.82. The highest BCUT2D eigenvalue weighted by Crippen LogP contribution is 2.26. The van der Waals surface area contributed by atoms with Gasteiger partial charge in [0.05, 0.1) is 0 Å². The second-order valence-corrected chi connectivity index (χ2v) is 4.55. The number of nitrogens with zero attached hydrogens (tertiary/aromatic N) is 3. The summed E-state index contributed by atoms with van der Waals surface area (Å²) >= 11 is 0. The van der Waals surface area contributed by atoms with Crippen LogP contribution >= 0.6 is 0 Å². The lowest BCUT2D eigenvalue weighted by molar-refractivity contribution is -0.274. The maximum atomic E-state index is 12.1. The molecular formula is C14H8F3N3O3. The molecule has 0 saturated heterocycles. The molecule has 1 N–H and O–H groups in total. The van der Waals surface area contributed by atoms with Crippen LogP contribution < -0.4 is 4.74 Å². The number of hydrogen-bond acceptors (Lipinski definition) is 4. The van der Waals surface area contributed by atoms with Gasteiger partial charge >= 0.3 is 12.3 Å². The van der Waals surface area contributed by atoms with Gasteiger partial charge in [0.2, 0.25) is 5.82 Å². The third-order valence-corrected chi connectivity index (χ3v) is 3.01. The summed E-state index contributed by atoms with van der Waals surface area (Å²) in [6.07, 6.45) is -3.25. The van der Waals surface area contributed by atoms with Gasteiger partial charge in [-0.2, -0.15) is 0 Å². The Balaban J connectivity index is 1.96. The van der Waals surface area contributed by atoms with Crippen LogP contribution in [0.4, 0.5) is 13.2 Å². The minimum atomic E-state index is -4.75. The first-order valence-corrected chi connectivity index (χ1v) is 6.28. The molecule has 0 saturated carbocycles. The molecule has 3 aromatic rings. The Morgan fingerprint density at radius 3 is 2.30 bits per heavy atom. The van der Waals surface area contributed by atoms with Crippen LogP contribution in [0.1, 0.15) is 10.6 Å². The van der Waals surface area contributed by atoms with Crippen molar-refractivity contribution in [2.75, 3.05) is 0 Å². The predicted octanol–water partition coefficient (Wildman–Crippen LogP) is 2.99. The first kappa shape index (κ1) is 14.8. The summed E-state index contributed by atoms with van der Waals surface area (Å²) in [5, 5.41) is 16.3. The van der Waals surface area contributed by atoms with Gasteiger partial charge in [0.15, 0.2) is 5.65 Å². The number of fused-ring (bicyclic) bond motifs is 1. The molecule has 9 heteroatoms. The quantitative estimate of drug-likeness (QED) is 0.802. The molecule has 0 bridgehead atoms. The largest absolute Gasteiger partial charge is 0.573 e. The fourth-order valence-electron chi connectivity index (χ4n) is 2.06. The van der Waals surface area contributed by atoms with E-state index in [-0.39, 0.29) is 11.6 Å². The first-order chi connectivity index (χ1) is 10.8. The lowest BCUT2D eigenvalue weighted by Gasteiger charge is -2.09. The Bertz CT molecular complexity index is 872. The second kappa shape index (κ2) is 5.27. The standard InChI is InChI=1S/C14H8F3N3O3/c15-14(16,17)23-10-4-1-8(2-5-10)9-3-6-11-18-19-12(13(21)22)20(11)7-9/h1-7H,(H,21,22). The maximum absolute atomic E-state index is 12.1. The van der Waals surface area contributed by atoms with Crippen molar-refractivity contribution in [2.45, 2.75) is 6.36 Å². The Hall–Kier alpha value is -3.10. The van der Waals surface area contributed by atoms with Gasteiger partial charge in [0.1, 0.15) is 5.75 Å². The zero-order valence-electron chi connectivity index (χ0n) is 11.3. The van der Waals surface area contributed by atoms with E-state index in [0.29, 0.717) is 16.8 Å². The van der Waals surface area contributed by atoms with E-state index in [1.54, 1.807) is 12.1 Å². The van der Waals surface area contributed by atoms with E-state index in [1.807, 2.05) is 0 Å². The Morgan fingerprint density at radius 1 is 1.04 bits per heavy atom. The molecule has 23 heavy (non-hydrogen) atoms. The smallest absolute Gasteiger partial charge is 0.475 e. The van der Waals surface area contributed by atoms with E-state index >= 15 is 0 Å². The Morgan fingerprint density at radius 2 is 1.70 bits per heavy atom. The summed E-state index contributed by atoms with van der Waals surface area (Å²) < 4.78 is 41.5. The molecule has 0 radical (unpaired) electrons. The molecular weight excluding hydrogens is 315 g/mol. The van der Waals surface area contributed by atoms with Gasteiger partial charge in [-0.1, -0.05) is 12.1 Å². The molecule has 0 atom stereocenters. The van der Waals surface area contributed by atoms with Crippen molar-refractivity contribution in [3.63, 3.8) is 0 Å². The van der Waals surface area contributed by atoms with Crippen LogP contribution in [0.15, 0.2) is 42.6 Å². The van der Waals surface area contributed by atoms with Crippen molar-refractivity contribution < 1.29 is 27.8 Å². The van der Waals surface area contributed by atoms with Crippen LogP contribution in [0.2, 0.25) is 0 Å². The number of carboxylic acids is 1. The highest BCUT2D eigenvalue weighted by Gasteiger charge is 2.30. The van der Waals surface area contributed by atoms with Crippen molar-refractivity contribution in [2.24, 2.45) is 0 Å². The number of alkyl halides is 3. The highest BCUT2D eigenvalue weighted by atomic mass is 19.4. The third-order valence-electron chi connectivity index (χ3n) is 3.01. The average Bonchev–Trinajstić information content (AvgIpc) is 2.89. The van der Waals surface area contributed by atoms with Crippen LogP contribution in [0, 0.1) is 0 Å². The van der Waals surface area contributed by atoms with Crippen molar-refractivity contribution in [3.05, 3.63) is 48.4 Å². The lowest BCUT2D eigenvalue weighted by atomic mass is 10.1. The van der Waals surface area contributed by atoms with E-state index in [0.717, 1.165) is 0 Å². The summed E-state index contributed by atoms with van der Waals surface area (Å²) in [6, 6.07) is 8.46. The number of aromatic carboxylic acids is 1. The number of halogens is 3. The highest BCUT2D eigenvalue weighted by molar-refractivity contribution is 5.84. The van der Waals surface area contributed by atoms with Gasteiger partial charge in [-0.05, 0) is 35.4 Å². The van der Waals surface area contributed by atoms with Gasteiger partial charge in [-0.25, -0.2) is 4.79 Å². The van der Waals surface area contributed by atoms with Gasteiger partial charge < -0.3 is 9.84 Å². The van der Waals surface area contributed by atoms with Gasteiger partial charge in [-0.3, -0.25) is 4.40 Å². The number of carbonyl (C=O) groups is 1. The molecule has 6 nitrogen and oxygen atoms in total. The monoisotopic (exact) mass is 323 g/mol. The molecule has 2 heterocycles. The zero-order chi connectivity index (χ0) is 16.6. The summed E-state index contributed by atoms with van der Waals surface area (Å²) in [4.78, 5) is 11.1. The molecule has 0 aliphatic rings. The van der Waals surface area contributed by atoms with Crippen LogP contribution in [-0.4, -0.2) is 32.0 Å². The number of carboxylic acid groups (broad SMARTS) is 1. The number of aromatic nitrogens is 3. The van der Waals surface area contributed by atoms with Crippen LogP contribution in [0.25, 0.3) is 16.8 Å². The minimum Gasteiger partial charge on any atom is -0.475 e. The van der Waals surface area contributed by atoms with Gasteiger partial charge in [0, 0.05) is 6.20 Å². The maximum Gasteiger partial charge on any atom is 0.573 e. The van der Waals surface area contributed by atoms with Crippen LogP contribution in [-0.2, 0) is 0 Å². The topological polar surface area (TPSA) is 76.7 Å². The molecule has 118 valence electrons. The van der Waals surface area contributed by atoms with Crippen molar-refractivity contribution in [1.29, 1.82) is 0 Å². The van der Waals surface area contributed by atoms with E-state index in [1.165, 1.54) is 34.9 Å². The number of hydrogen-bond donors (Lipinski definition) is 1. The summed E-state index contributed by atoms with van der Waals surface area (Å²) in [6.45, 7) is 0. The normalized spacial score (nSPS) is 11.6. The van der Waals surface area contributed by atoms with E-state index in [4.69, 9.17) is 5.11 Å². The van der Waals surface area contributed by atoms with E-state index in [9.17, 15) is 18.0 Å². The zero-order valence-corrected chi connectivity index (χ0v) is 11.3. The minimum absolute atomic E-state index is 0.251. The molecule has 3 rings (SSSR count). The van der Waals surface area contributed by atoms with Gasteiger partial charge in [-0.15, -0.1) is 23.4 Å².